The molecule has 0 saturated heterocycles. The first-order valence-corrected chi connectivity index (χ1v) is 9.07. The molecule has 0 spiro atoms. The van der Waals surface area contributed by atoms with Gasteiger partial charge in [0.15, 0.2) is 0 Å². The lowest BCUT2D eigenvalue weighted by Crippen LogP contribution is -2.06. The van der Waals surface area contributed by atoms with Gasteiger partial charge in [-0.15, -0.1) is 0 Å². The van der Waals surface area contributed by atoms with Crippen LogP contribution in [0.4, 0.5) is 0 Å². The Hall–Kier alpha value is -3.86. The van der Waals surface area contributed by atoms with E-state index in [-0.39, 0.29) is 6.61 Å². The van der Waals surface area contributed by atoms with E-state index in [4.69, 9.17) is 13.9 Å². The van der Waals surface area contributed by atoms with Crippen LogP contribution in [-0.4, -0.2) is 13.1 Å². The summed E-state index contributed by atoms with van der Waals surface area (Å²) in [5.41, 5.74) is 1.45. The van der Waals surface area contributed by atoms with E-state index in [1.807, 2.05) is 54.6 Å². The van der Waals surface area contributed by atoms with Crippen LogP contribution >= 0.6 is 0 Å². The number of hydrogen-bond acceptors (Lipinski definition) is 5. The summed E-state index contributed by atoms with van der Waals surface area (Å²) in [7, 11) is 1.60. The van der Waals surface area contributed by atoms with Gasteiger partial charge in [-0.25, -0.2) is 9.59 Å². The van der Waals surface area contributed by atoms with E-state index >= 15 is 0 Å². The molecule has 4 rings (SSSR count). The molecule has 29 heavy (non-hydrogen) atoms. The molecule has 0 N–H and O–H groups in total. The predicted molar refractivity (Wildman–Crippen MR) is 112 cm³/mol. The number of fused-ring (bicyclic) bond motifs is 3. The van der Waals surface area contributed by atoms with Crippen LogP contribution in [0.3, 0.4) is 0 Å². The van der Waals surface area contributed by atoms with Crippen molar-refractivity contribution in [3.8, 4) is 5.75 Å². The van der Waals surface area contributed by atoms with Gasteiger partial charge in [0, 0.05) is 23.1 Å². The minimum atomic E-state index is -0.498. The highest BCUT2D eigenvalue weighted by Crippen LogP contribution is 2.27. The van der Waals surface area contributed by atoms with Gasteiger partial charge in [-0.3, -0.25) is 0 Å². The molecule has 0 radical (unpaired) electrons. The van der Waals surface area contributed by atoms with Crippen molar-refractivity contribution < 1.29 is 18.7 Å². The van der Waals surface area contributed by atoms with Crippen LogP contribution < -0.4 is 10.4 Å². The maximum atomic E-state index is 12.2. The smallest absolute Gasteiger partial charge is 0.336 e. The van der Waals surface area contributed by atoms with Gasteiger partial charge in [0.2, 0.25) is 0 Å². The minimum absolute atomic E-state index is 0.0259. The Kier molecular flexibility index (Phi) is 5.12. The third kappa shape index (κ3) is 4.04. The Morgan fingerprint density at radius 1 is 1.03 bits per heavy atom. The second-order valence-electron chi connectivity index (χ2n) is 6.46. The van der Waals surface area contributed by atoms with Crippen molar-refractivity contribution >= 4 is 33.8 Å². The maximum absolute atomic E-state index is 12.2. The summed E-state index contributed by atoms with van der Waals surface area (Å²) in [4.78, 5) is 24.1. The highest BCUT2D eigenvalue weighted by molar-refractivity contribution is 6.07. The lowest BCUT2D eigenvalue weighted by Gasteiger charge is -2.08. The molecule has 0 bridgehead atoms. The van der Waals surface area contributed by atoms with Gasteiger partial charge < -0.3 is 13.9 Å². The second-order valence-corrected chi connectivity index (χ2v) is 6.46. The number of esters is 1. The fourth-order valence-electron chi connectivity index (χ4n) is 3.21. The summed E-state index contributed by atoms with van der Waals surface area (Å²) in [6.07, 6.45) is 3.02. The Morgan fingerprint density at radius 3 is 2.62 bits per heavy atom. The van der Waals surface area contributed by atoms with Crippen molar-refractivity contribution in [3.63, 3.8) is 0 Å². The molecule has 4 aromatic rings. The van der Waals surface area contributed by atoms with Crippen LogP contribution in [0.1, 0.15) is 11.1 Å². The Morgan fingerprint density at radius 2 is 1.83 bits per heavy atom. The lowest BCUT2D eigenvalue weighted by molar-refractivity contribution is -0.138. The van der Waals surface area contributed by atoms with Gasteiger partial charge in [-0.1, -0.05) is 42.5 Å². The summed E-state index contributed by atoms with van der Waals surface area (Å²) >= 11 is 0. The van der Waals surface area contributed by atoms with E-state index in [1.54, 1.807) is 19.3 Å². The fourth-order valence-corrected chi connectivity index (χ4v) is 3.21. The summed E-state index contributed by atoms with van der Waals surface area (Å²) < 4.78 is 15.8. The van der Waals surface area contributed by atoms with Crippen LogP contribution in [0.5, 0.6) is 5.75 Å². The lowest BCUT2D eigenvalue weighted by atomic mass is 10.0. The summed E-state index contributed by atoms with van der Waals surface area (Å²) in [5.74, 6) is 0.245. The molecular weight excluding hydrogens is 368 g/mol. The van der Waals surface area contributed by atoms with E-state index in [0.717, 1.165) is 27.5 Å². The summed E-state index contributed by atoms with van der Waals surface area (Å²) in [6.45, 7) is -0.0259. The average molecular weight is 386 g/mol. The second kappa shape index (κ2) is 8.02. The van der Waals surface area contributed by atoms with Gasteiger partial charge in [-0.2, -0.15) is 0 Å². The quantitative estimate of drug-likeness (QED) is 0.215. The summed E-state index contributed by atoms with van der Waals surface area (Å²) in [6, 6.07) is 20.1. The van der Waals surface area contributed by atoms with E-state index in [9.17, 15) is 9.59 Å². The Labute approximate surface area is 166 Å². The van der Waals surface area contributed by atoms with Gasteiger partial charge in [0.25, 0.3) is 0 Å². The number of ether oxygens (including phenoxy) is 2. The van der Waals surface area contributed by atoms with Crippen LogP contribution in [0.25, 0.3) is 27.8 Å². The molecule has 1 aromatic heterocycles. The molecule has 5 nitrogen and oxygen atoms in total. The van der Waals surface area contributed by atoms with Crippen molar-refractivity contribution in [1.29, 1.82) is 0 Å². The van der Waals surface area contributed by atoms with E-state index in [0.29, 0.717) is 11.1 Å². The van der Waals surface area contributed by atoms with Crippen molar-refractivity contribution in [1.82, 2.24) is 0 Å². The largest absolute Gasteiger partial charge is 0.497 e. The number of carbonyl (C=O) groups excluding carboxylic acids is 1. The Balaban J connectivity index is 1.57. The van der Waals surface area contributed by atoms with Crippen molar-refractivity contribution in [3.05, 3.63) is 94.4 Å². The number of benzene rings is 3. The molecule has 0 saturated carbocycles. The molecule has 0 fully saturated rings. The zero-order chi connectivity index (χ0) is 20.2. The van der Waals surface area contributed by atoms with Crippen molar-refractivity contribution in [2.45, 2.75) is 6.61 Å². The normalized spacial score (nSPS) is 11.2. The predicted octanol–water partition coefficient (Wildman–Crippen LogP) is 4.71. The van der Waals surface area contributed by atoms with Crippen LogP contribution in [0, 0.1) is 0 Å². The average Bonchev–Trinajstić information content (AvgIpc) is 2.76. The monoisotopic (exact) mass is 386 g/mol. The third-order valence-corrected chi connectivity index (χ3v) is 4.61. The van der Waals surface area contributed by atoms with Crippen molar-refractivity contribution in [2.24, 2.45) is 0 Å². The fraction of sp³-hybridized carbons (Fsp3) is 0.0833. The molecule has 0 atom stereocenters. The summed E-state index contributed by atoms with van der Waals surface area (Å²) in [5, 5.41) is 2.73. The molecule has 0 unspecified atom stereocenters. The first kappa shape index (κ1) is 18.5. The Bertz CT molecular complexity index is 1270. The molecule has 1 heterocycles. The van der Waals surface area contributed by atoms with E-state index in [2.05, 4.69) is 0 Å². The number of hydrogen-bond donors (Lipinski definition) is 0. The van der Waals surface area contributed by atoms with Crippen LogP contribution in [-0.2, 0) is 16.1 Å². The first-order chi connectivity index (χ1) is 14.1. The molecule has 3 aromatic carbocycles. The molecule has 0 amide bonds. The van der Waals surface area contributed by atoms with Crippen molar-refractivity contribution in [2.75, 3.05) is 7.11 Å². The molecule has 0 aliphatic rings. The molecule has 0 aliphatic heterocycles. The third-order valence-electron chi connectivity index (χ3n) is 4.61. The maximum Gasteiger partial charge on any atom is 0.336 e. The van der Waals surface area contributed by atoms with Crippen LogP contribution in [0.15, 0.2) is 82.0 Å². The standard InChI is InChI=1S/C24H18O5/c1-27-19-10-6-16(7-11-19)8-13-22(25)28-15-18-14-23(26)29-21-12-9-17-4-2-3-5-20(17)24(18)21/h2-14H,15H2,1H3/b13-8+. The van der Waals surface area contributed by atoms with Gasteiger partial charge in [-0.05, 0) is 40.6 Å². The van der Waals surface area contributed by atoms with Gasteiger partial charge in [0.05, 0.1) is 7.11 Å². The zero-order valence-electron chi connectivity index (χ0n) is 15.8. The molecule has 0 aliphatic carbocycles. The number of rotatable bonds is 5. The highest BCUT2D eigenvalue weighted by Gasteiger charge is 2.11. The van der Waals surface area contributed by atoms with Gasteiger partial charge >= 0.3 is 11.6 Å². The highest BCUT2D eigenvalue weighted by atomic mass is 16.5. The van der Waals surface area contributed by atoms with Crippen LogP contribution in [0.2, 0.25) is 0 Å². The SMILES string of the molecule is COc1ccc(/C=C/C(=O)OCc2cc(=O)oc3ccc4ccccc4c23)cc1. The topological polar surface area (TPSA) is 65.7 Å². The van der Waals surface area contributed by atoms with E-state index < -0.39 is 11.6 Å². The zero-order valence-corrected chi connectivity index (χ0v) is 15.8. The number of methoxy groups -OCH3 is 1. The minimum Gasteiger partial charge on any atom is -0.497 e. The molecule has 5 heteroatoms. The van der Waals surface area contributed by atoms with Gasteiger partial charge in [0.1, 0.15) is 17.9 Å². The number of carbonyl (C=O) groups is 1. The van der Waals surface area contributed by atoms with E-state index in [1.165, 1.54) is 12.1 Å². The first-order valence-electron chi connectivity index (χ1n) is 9.07. The molecule has 144 valence electrons. The molecular formula is C24H18O5.